The molecule has 0 aliphatic heterocycles. The number of benzene rings is 2. The highest BCUT2D eigenvalue weighted by atomic mass is 79.9. The smallest absolute Gasteiger partial charge is 0.182 e. The van der Waals surface area contributed by atoms with Crippen LogP contribution in [0.5, 0.6) is 0 Å². The molecular formula is C17H17BrO4S. The Labute approximate surface area is 143 Å². The lowest BCUT2D eigenvalue weighted by atomic mass is 10.0. The molecule has 1 fully saturated rings. The van der Waals surface area contributed by atoms with Crippen molar-refractivity contribution in [1.29, 1.82) is 0 Å². The molecule has 4 nitrogen and oxygen atoms in total. The third-order valence-electron chi connectivity index (χ3n) is 4.60. The summed E-state index contributed by atoms with van der Waals surface area (Å²) in [6, 6.07) is 15.5. The van der Waals surface area contributed by atoms with Crippen LogP contribution in [-0.4, -0.2) is 37.1 Å². The third-order valence-corrected chi connectivity index (χ3v) is 7.47. The van der Waals surface area contributed by atoms with Crippen LogP contribution in [0.4, 0.5) is 0 Å². The Balaban J connectivity index is 2.05. The number of aliphatic hydroxyl groups is 2. The molecule has 2 aromatic rings. The molecule has 6 heteroatoms. The van der Waals surface area contributed by atoms with Crippen LogP contribution in [0.25, 0.3) is 0 Å². The molecule has 122 valence electrons. The van der Waals surface area contributed by atoms with Gasteiger partial charge in [0.25, 0.3) is 0 Å². The van der Waals surface area contributed by atoms with E-state index in [1.54, 1.807) is 30.3 Å². The van der Waals surface area contributed by atoms with Gasteiger partial charge in [0.2, 0.25) is 0 Å². The highest BCUT2D eigenvalue weighted by Gasteiger charge is 2.70. The SMILES string of the molecule is O=S(=O)(c1ccccc1)[C@H]1[C@@H](c2ccc(Br)cc2)C1(CO)CO. The van der Waals surface area contributed by atoms with Crippen LogP contribution in [0, 0.1) is 5.41 Å². The lowest BCUT2D eigenvalue weighted by Gasteiger charge is -2.11. The van der Waals surface area contributed by atoms with Gasteiger partial charge in [-0.25, -0.2) is 8.42 Å². The van der Waals surface area contributed by atoms with Gasteiger partial charge in [0, 0.05) is 15.8 Å². The maximum absolute atomic E-state index is 12.9. The quantitative estimate of drug-likeness (QED) is 0.813. The molecule has 0 bridgehead atoms. The predicted molar refractivity (Wildman–Crippen MR) is 90.9 cm³/mol. The van der Waals surface area contributed by atoms with E-state index in [9.17, 15) is 18.6 Å². The fraction of sp³-hybridized carbons (Fsp3) is 0.294. The zero-order valence-electron chi connectivity index (χ0n) is 12.3. The number of aliphatic hydroxyl groups excluding tert-OH is 2. The van der Waals surface area contributed by atoms with Crippen LogP contribution >= 0.6 is 15.9 Å². The van der Waals surface area contributed by atoms with Crippen LogP contribution in [0.1, 0.15) is 11.5 Å². The first-order chi connectivity index (χ1) is 11.0. The molecule has 23 heavy (non-hydrogen) atoms. The van der Waals surface area contributed by atoms with Crippen LogP contribution in [0.3, 0.4) is 0 Å². The summed E-state index contributed by atoms with van der Waals surface area (Å²) in [4.78, 5) is 0.218. The Bertz CT molecular complexity index is 783. The number of rotatable bonds is 5. The molecule has 0 unspecified atom stereocenters. The van der Waals surface area contributed by atoms with E-state index in [-0.39, 0.29) is 18.1 Å². The normalized spacial score (nSPS) is 22.7. The zero-order chi connectivity index (χ0) is 16.7. The van der Waals surface area contributed by atoms with Gasteiger partial charge < -0.3 is 10.2 Å². The molecule has 3 rings (SSSR count). The molecular weight excluding hydrogens is 380 g/mol. The van der Waals surface area contributed by atoms with Crippen molar-refractivity contribution in [2.45, 2.75) is 16.1 Å². The minimum absolute atomic E-state index is 0.218. The van der Waals surface area contributed by atoms with E-state index in [0.717, 1.165) is 10.0 Å². The van der Waals surface area contributed by atoms with Crippen molar-refractivity contribution in [2.24, 2.45) is 5.41 Å². The summed E-state index contributed by atoms with van der Waals surface area (Å²) >= 11 is 3.35. The monoisotopic (exact) mass is 396 g/mol. The summed E-state index contributed by atoms with van der Waals surface area (Å²) in [6.07, 6.45) is 0. The molecule has 0 aromatic heterocycles. The highest BCUT2D eigenvalue weighted by Crippen LogP contribution is 2.63. The summed E-state index contributed by atoms with van der Waals surface area (Å²) in [7, 11) is -3.64. The topological polar surface area (TPSA) is 74.6 Å². The summed E-state index contributed by atoms with van der Waals surface area (Å²) in [5, 5.41) is 18.8. The van der Waals surface area contributed by atoms with Crippen LogP contribution < -0.4 is 0 Å². The van der Waals surface area contributed by atoms with Gasteiger partial charge in [-0.2, -0.15) is 0 Å². The Morgan fingerprint density at radius 3 is 2.04 bits per heavy atom. The zero-order valence-corrected chi connectivity index (χ0v) is 14.7. The van der Waals surface area contributed by atoms with Crippen molar-refractivity contribution in [2.75, 3.05) is 13.2 Å². The Morgan fingerprint density at radius 2 is 1.52 bits per heavy atom. The summed E-state index contributed by atoms with van der Waals surface area (Å²) in [6.45, 7) is -0.748. The summed E-state index contributed by atoms with van der Waals surface area (Å²) in [5.41, 5.74) is -0.233. The van der Waals surface area contributed by atoms with Gasteiger partial charge in [0.1, 0.15) is 0 Å². The number of hydrogen-bond donors (Lipinski definition) is 2. The molecule has 1 aliphatic rings. The molecule has 1 saturated carbocycles. The Morgan fingerprint density at radius 1 is 0.957 bits per heavy atom. The van der Waals surface area contributed by atoms with Gasteiger partial charge in [-0.1, -0.05) is 46.3 Å². The largest absolute Gasteiger partial charge is 0.396 e. The third kappa shape index (κ3) is 2.63. The minimum Gasteiger partial charge on any atom is -0.396 e. The van der Waals surface area contributed by atoms with E-state index in [0.29, 0.717) is 0 Å². The Hall–Kier alpha value is -1.21. The first-order valence-corrected chi connectivity index (χ1v) is 9.57. The lowest BCUT2D eigenvalue weighted by Crippen LogP contribution is -2.22. The predicted octanol–water partition coefficient (Wildman–Crippen LogP) is 2.36. The van der Waals surface area contributed by atoms with Crippen molar-refractivity contribution in [3.63, 3.8) is 0 Å². The van der Waals surface area contributed by atoms with E-state index in [4.69, 9.17) is 0 Å². The second kappa shape index (κ2) is 6.02. The number of sulfone groups is 1. The van der Waals surface area contributed by atoms with Crippen molar-refractivity contribution < 1.29 is 18.6 Å². The highest BCUT2D eigenvalue weighted by molar-refractivity contribution is 9.10. The fourth-order valence-corrected chi connectivity index (χ4v) is 6.02. The van der Waals surface area contributed by atoms with Crippen LogP contribution in [0.2, 0.25) is 0 Å². The average Bonchev–Trinajstić information content (AvgIpc) is 3.27. The molecule has 1 aliphatic carbocycles. The first-order valence-electron chi connectivity index (χ1n) is 7.23. The second-order valence-electron chi connectivity index (χ2n) is 5.86. The van der Waals surface area contributed by atoms with Gasteiger partial charge in [0.15, 0.2) is 9.84 Å². The van der Waals surface area contributed by atoms with Crippen molar-refractivity contribution in [1.82, 2.24) is 0 Å². The molecule has 0 heterocycles. The van der Waals surface area contributed by atoms with Gasteiger partial charge in [-0.05, 0) is 29.8 Å². The first kappa shape index (κ1) is 16.6. The maximum Gasteiger partial charge on any atom is 0.182 e. The van der Waals surface area contributed by atoms with Gasteiger partial charge in [0.05, 0.1) is 23.4 Å². The molecule has 0 radical (unpaired) electrons. The van der Waals surface area contributed by atoms with Crippen molar-refractivity contribution in [3.05, 3.63) is 64.6 Å². The summed E-state index contributed by atoms with van der Waals surface area (Å²) < 4.78 is 26.8. The van der Waals surface area contributed by atoms with E-state index < -0.39 is 26.4 Å². The molecule has 0 saturated heterocycles. The molecule has 2 N–H and O–H groups in total. The molecule has 0 spiro atoms. The molecule has 0 amide bonds. The van der Waals surface area contributed by atoms with Gasteiger partial charge in [-0.15, -0.1) is 0 Å². The average molecular weight is 397 g/mol. The van der Waals surface area contributed by atoms with E-state index in [1.165, 1.54) is 0 Å². The van der Waals surface area contributed by atoms with Crippen LogP contribution in [-0.2, 0) is 9.84 Å². The number of halogens is 1. The van der Waals surface area contributed by atoms with Crippen LogP contribution in [0.15, 0.2) is 64.0 Å². The lowest BCUT2D eigenvalue weighted by molar-refractivity contribution is 0.130. The minimum atomic E-state index is -3.64. The van der Waals surface area contributed by atoms with E-state index in [1.807, 2.05) is 24.3 Å². The Kier molecular flexibility index (Phi) is 4.35. The van der Waals surface area contributed by atoms with E-state index in [2.05, 4.69) is 15.9 Å². The molecule has 2 aromatic carbocycles. The molecule has 2 atom stereocenters. The van der Waals surface area contributed by atoms with Crippen molar-refractivity contribution >= 4 is 25.8 Å². The van der Waals surface area contributed by atoms with Gasteiger partial charge in [-0.3, -0.25) is 0 Å². The van der Waals surface area contributed by atoms with E-state index >= 15 is 0 Å². The van der Waals surface area contributed by atoms with Crippen molar-refractivity contribution in [3.8, 4) is 0 Å². The summed E-state index contributed by atoms with van der Waals surface area (Å²) in [5.74, 6) is -0.421. The second-order valence-corrected chi connectivity index (χ2v) is 8.84. The standard InChI is InChI=1S/C17H17BrO4S/c18-13-8-6-12(7-9-13)15-16(17(15,10-19)11-20)23(21,22)14-4-2-1-3-5-14/h1-9,15-16,19-20H,10-11H2/t15-,16+/m1/s1. The van der Waals surface area contributed by atoms with Gasteiger partial charge >= 0.3 is 0 Å². The maximum atomic E-state index is 12.9. The fourth-order valence-electron chi connectivity index (χ4n) is 3.30. The number of hydrogen-bond acceptors (Lipinski definition) is 4.